The zero-order chi connectivity index (χ0) is 9.80. The van der Waals surface area contributed by atoms with Crippen LogP contribution < -0.4 is 0 Å². The maximum absolute atomic E-state index is 8.44. The number of hydrogen-bond acceptors (Lipinski definition) is 3. The molecule has 2 aromatic rings. The summed E-state index contributed by atoms with van der Waals surface area (Å²) >= 11 is 1.63. The largest absolute Gasteiger partial charge is 0.516 e. The molecule has 0 fully saturated rings. The Morgan fingerprint density at radius 2 is 2.07 bits per heavy atom. The quantitative estimate of drug-likeness (QED) is 0.599. The highest BCUT2D eigenvalue weighted by Crippen LogP contribution is 2.22. The number of para-hydroxylation sites is 1. The normalized spacial score (nSPS) is 12.0. The summed E-state index contributed by atoms with van der Waals surface area (Å²) in [5, 5.41) is 9.38. The molecule has 1 aromatic heterocycles. The molecule has 0 saturated carbocycles. The van der Waals surface area contributed by atoms with Gasteiger partial charge in [0.25, 0.3) is 0 Å². The number of nitrogens with zero attached hydrogens (tertiary/aromatic N) is 1. The lowest BCUT2D eigenvalue weighted by Crippen LogP contribution is -1.67. The van der Waals surface area contributed by atoms with Crippen LogP contribution in [-0.4, -0.2) is 10.1 Å². The molecule has 2 nitrogen and oxygen atoms in total. The average Bonchev–Trinajstić information content (AvgIpc) is 2.60. The van der Waals surface area contributed by atoms with Crippen molar-refractivity contribution < 1.29 is 5.11 Å². The van der Waals surface area contributed by atoms with Gasteiger partial charge in [-0.3, -0.25) is 0 Å². The van der Waals surface area contributed by atoms with E-state index in [2.05, 4.69) is 4.98 Å². The molecular formula is C11H9NOS. The van der Waals surface area contributed by atoms with Crippen molar-refractivity contribution in [2.75, 3.05) is 0 Å². The lowest BCUT2D eigenvalue weighted by molar-refractivity contribution is 0.474. The third kappa shape index (κ3) is 1.83. The minimum atomic E-state index is 0.948. The average molecular weight is 203 g/mol. The standard InChI is InChI=1S/C11H9NOS/c13-8-4-3-7-11-12-9-5-1-2-6-10(9)14-11/h1-8,13H/b7-3+,8-4+. The summed E-state index contributed by atoms with van der Waals surface area (Å²) in [6, 6.07) is 8.02. The molecule has 0 aliphatic heterocycles. The zero-order valence-electron chi connectivity index (χ0n) is 7.42. The number of aliphatic hydroxyl groups is 1. The van der Waals surface area contributed by atoms with Gasteiger partial charge in [0.15, 0.2) is 0 Å². The highest BCUT2D eigenvalue weighted by Gasteiger charge is 1.97. The van der Waals surface area contributed by atoms with Crippen LogP contribution in [0.1, 0.15) is 5.01 Å². The first-order chi connectivity index (χ1) is 6.90. The fraction of sp³-hybridized carbons (Fsp3) is 0. The van der Waals surface area contributed by atoms with Gasteiger partial charge in [0.2, 0.25) is 0 Å². The van der Waals surface area contributed by atoms with E-state index in [1.165, 1.54) is 4.70 Å². The molecule has 1 N–H and O–H groups in total. The molecule has 0 aliphatic carbocycles. The third-order valence-electron chi connectivity index (χ3n) is 1.75. The molecule has 1 aromatic carbocycles. The van der Waals surface area contributed by atoms with Gasteiger partial charge in [-0.2, -0.15) is 0 Å². The third-order valence-corrected chi connectivity index (χ3v) is 2.75. The minimum absolute atomic E-state index is 0.948. The predicted octanol–water partition coefficient (Wildman–Crippen LogP) is 3.38. The molecule has 1 heterocycles. The summed E-state index contributed by atoms with van der Waals surface area (Å²) in [4.78, 5) is 4.40. The SMILES string of the molecule is O/C=C/C=C/c1nc2ccccc2s1. The number of rotatable bonds is 2. The van der Waals surface area contributed by atoms with Gasteiger partial charge in [-0.1, -0.05) is 18.2 Å². The summed E-state index contributed by atoms with van der Waals surface area (Å²) in [6.45, 7) is 0. The first kappa shape index (κ1) is 8.97. The van der Waals surface area contributed by atoms with Crippen molar-refractivity contribution in [2.45, 2.75) is 0 Å². The van der Waals surface area contributed by atoms with Crippen LogP contribution in [0.3, 0.4) is 0 Å². The Bertz CT molecular complexity index is 452. The molecule has 0 amide bonds. The fourth-order valence-electron chi connectivity index (χ4n) is 1.15. The van der Waals surface area contributed by atoms with Crippen LogP contribution in [0.2, 0.25) is 0 Å². The van der Waals surface area contributed by atoms with Crippen molar-refractivity contribution >= 4 is 27.6 Å². The Hall–Kier alpha value is -1.61. The van der Waals surface area contributed by atoms with E-state index < -0.39 is 0 Å². The van der Waals surface area contributed by atoms with E-state index >= 15 is 0 Å². The monoisotopic (exact) mass is 203 g/mol. The van der Waals surface area contributed by atoms with Gasteiger partial charge in [0.05, 0.1) is 16.5 Å². The summed E-state index contributed by atoms with van der Waals surface area (Å²) in [7, 11) is 0. The Balaban J connectivity index is 2.35. The molecule has 3 heteroatoms. The molecule has 0 aliphatic rings. The van der Waals surface area contributed by atoms with Gasteiger partial charge in [0.1, 0.15) is 5.01 Å². The van der Waals surface area contributed by atoms with Crippen LogP contribution in [0.15, 0.2) is 42.7 Å². The van der Waals surface area contributed by atoms with E-state index in [-0.39, 0.29) is 0 Å². The predicted molar refractivity (Wildman–Crippen MR) is 60.4 cm³/mol. The number of aliphatic hydroxyl groups excluding tert-OH is 1. The summed E-state index contributed by atoms with van der Waals surface area (Å²) in [6.07, 6.45) is 6.20. The summed E-state index contributed by atoms with van der Waals surface area (Å²) in [5.74, 6) is 0. The van der Waals surface area contributed by atoms with Gasteiger partial charge in [-0.15, -0.1) is 11.3 Å². The van der Waals surface area contributed by atoms with Crippen LogP contribution in [0.4, 0.5) is 0 Å². The smallest absolute Gasteiger partial charge is 0.117 e. The van der Waals surface area contributed by atoms with Gasteiger partial charge >= 0.3 is 0 Å². The van der Waals surface area contributed by atoms with Crippen molar-refractivity contribution in [3.8, 4) is 0 Å². The van der Waals surface area contributed by atoms with Gasteiger partial charge in [-0.05, 0) is 24.3 Å². The lowest BCUT2D eigenvalue weighted by atomic mass is 10.3. The Kier molecular flexibility index (Phi) is 2.60. The van der Waals surface area contributed by atoms with Crippen molar-refractivity contribution in [1.29, 1.82) is 0 Å². The van der Waals surface area contributed by atoms with Crippen LogP contribution in [0, 0.1) is 0 Å². The van der Waals surface area contributed by atoms with E-state index in [4.69, 9.17) is 5.11 Å². The second-order valence-electron chi connectivity index (χ2n) is 2.72. The van der Waals surface area contributed by atoms with Crippen molar-refractivity contribution in [3.05, 3.63) is 47.7 Å². The topological polar surface area (TPSA) is 33.1 Å². The molecule has 2 rings (SSSR count). The molecule has 0 bridgehead atoms. The van der Waals surface area contributed by atoms with Crippen LogP contribution in [0.25, 0.3) is 16.3 Å². The van der Waals surface area contributed by atoms with Crippen molar-refractivity contribution in [1.82, 2.24) is 4.98 Å². The second kappa shape index (κ2) is 4.07. The number of thiazole rings is 1. The van der Waals surface area contributed by atoms with Gasteiger partial charge in [-0.25, -0.2) is 4.98 Å². The molecule has 0 atom stereocenters. The lowest BCUT2D eigenvalue weighted by Gasteiger charge is -1.80. The van der Waals surface area contributed by atoms with Crippen molar-refractivity contribution in [3.63, 3.8) is 0 Å². The van der Waals surface area contributed by atoms with E-state index in [1.807, 2.05) is 30.3 Å². The highest BCUT2D eigenvalue weighted by atomic mass is 32.1. The first-order valence-corrected chi connectivity index (χ1v) is 5.05. The Morgan fingerprint density at radius 1 is 1.21 bits per heavy atom. The second-order valence-corrected chi connectivity index (χ2v) is 3.78. The molecule has 14 heavy (non-hydrogen) atoms. The van der Waals surface area contributed by atoms with Gasteiger partial charge in [0, 0.05) is 0 Å². The van der Waals surface area contributed by atoms with Gasteiger partial charge < -0.3 is 5.11 Å². The van der Waals surface area contributed by atoms with Crippen LogP contribution in [-0.2, 0) is 0 Å². The number of benzene rings is 1. The highest BCUT2D eigenvalue weighted by molar-refractivity contribution is 7.19. The molecule has 0 radical (unpaired) electrons. The van der Waals surface area contributed by atoms with Crippen molar-refractivity contribution in [2.24, 2.45) is 0 Å². The van der Waals surface area contributed by atoms with E-state index in [9.17, 15) is 0 Å². The molecule has 0 saturated heterocycles. The summed E-state index contributed by atoms with van der Waals surface area (Å²) in [5.41, 5.74) is 1.02. The number of hydrogen-bond donors (Lipinski definition) is 1. The maximum Gasteiger partial charge on any atom is 0.117 e. The Morgan fingerprint density at radius 3 is 2.86 bits per heavy atom. The first-order valence-electron chi connectivity index (χ1n) is 4.23. The van der Waals surface area contributed by atoms with Crippen LogP contribution in [0.5, 0.6) is 0 Å². The van der Waals surface area contributed by atoms with E-state index in [0.29, 0.717) is 0 Å². The zero-order valence-corrected chi connectivity index (χ0v) is 8.24. The number of fused-ring (bicyclic) bond motifs is 1. The number of allylic oxidation sites excluding steroid dienone is 2. The van der Waals surface area contributed by atoms with Crippen LogP contribution >= 0.6 is 11.3 Å². The minimum Gasteiger partial charge on any atom is -0.516 e. The maximum atomic E-state index is 8.44. The molecule has 0 unspecified atom stereocenters. The molecular weight excluding hydrogens is 194 g/mol. The summed E-state index contributed by atoms with van der Waals surface area (Å²) < 4.78 is 1.18. The molecule has 0 spiro atoms. The molecule has 70 valence electrons. The van der Waals surface area contributed by atoms with E-state index in [0.717, 1.165) is 16.8 Å². The van der Waals surface area contributed by atoms with E-state index in [1.54, 1.807) is 23.5 Å². The fourth-order valence-corrected chi connectivity index (χ4v) is 2.03. The number of aromatic nitrogens is 1. The Labute approximate surface area is 85.8 Å².